The van der Waals surface area contributed by atoms with Gasteiger partial charge < -0.3 is 14.5 Å². The van der Waals surface area contributed by atoms with Crippen LogP contribution in [0.1, 0.15) is 16.2 Å². The van der Waals surface area contributed by atoms with Crippen molar-refractivity contribution in [3.8, 4) is 17.2 Å². The van der Waals surface area contributed by atoms with Gasteiger partial charge in [-0.3, -0.25) is 4.79 Å². The number of carbonyl (C=O) groups excluding carboxylic acids is 1. The van der Waals surface area contributed by atoms with Crippen LogP contribution in [0.15, 0.2) is 52.9 Å². The van der Waals surface area contributed by atoms with Gasteiger partial charge in [-0.1, -0.05) is 12.1 Å². The van der Waals surface area contributed by atoms with Crippen LogP contribution in [0, 0.1) is 5.82 Å². The van der Waals surface area contributed by atoms with E-state index >= 15 is 0 Å². The molecule has 0 radical (unpaired) electrons. The van der Waals surface area contributed by atoms with Crippen molar-refractivity contribution in [1.82, 2.24) is 15.5 Å². The van der Waals surface area contributed by atoms with Gasteiger partial charge in [0.2, 0.25) is 5.89 Å². The van der Waals surface area contributed by atoms with E-state index in [0.717, 1.165) is 11.3 Å². The van der Waals surface area contributed by atoms with Crippen LogP contribution in [-0.2, 0) is 6.42 Å². The third kappa shape index (κ3) is 4.20. The van der Waals surface area contributed by atoms with Crippen molar-refractivity contribution >= 4 is 5.91 Å². The molecule has 0 fully saturated rings. The molecule has 2 aromatic carbocycles. The zero-order valence-electron chi connectivity index (χ0n) is 13.5. The minimum Gasteiger partial charge on any atom is -0.497 e. The second kappa shape index (κ2) is 7.57. The first-order chi connectivity index (χ1) is 12.2. The zero-order chi connectivity index (χ0) is 17.6. The molecule has 0 aliphatic heterocycles. The molecule has 3 aromatic rings. The first kappa shape index (κ1) is 16.6. The highest BCUT2D eigenvalue weighted by Crippen LogP contribution is 2.18. The molecule has 0 atom stereocenters. The number of hydrogen-bond donors (Lipinski definition) is 1. The highest BCUT2D eigenvalue weighted by molar-refractivity contribution is 5.89. The second-order valence-electron chi connectivity index (χ2n) is 5.28. The summed E-state index contributed by atoms with van der Waals surface area (Å²) in [6, 6.07) is 13.2. The highest BCUT2D eigenvalue weighted by Gasteiger charge is 2.15. The summed E-state index contributed by atoms with van der Waals surface area (Å²) in [6.45, 7) is 0.417. The number of nitrogens with zero attached hydrogens (tertiary/aromatic N) is 2. The van der Waals surface area contributed by atoms with Crippen molar-refractivity contribution < 1.29 is 18.3 Å². The molecule has 0 bridgehead atoms. The Labute approximate surface area is 143 Å². The summed E-state index contributed by atoms with van der Waals surface area (Å²) in [5.41, 5.74) is 1.58. The van der Waals surface area contributed by atoms with Crippen molar-refractivity contribution in [3.63, 3.8) is 0 Å². The third-order valence-electron chi connectivity index (χ3n) is 3.54. The van der Waals surface area contributed by atoms with Crippen LogP contribution in [0.3, 0.4) is 0 Å². The minimum absolute atomic E-state index is 0.134. The SMILES string of the molecule is COc1cccc(CCNC(=O)c2nnc(-c3ccc(F)cc3)o2)c1. The number of hydrogen-bond acceptors (Lipinski definition) is 5. The van der Waals surface area contributed by atoms with Gasteiger partial charge in [-0.15, -0.1) is 10.2 Å². The second-order valence-corrected chi connectivity index (χ2v) is 5.28. The maximum atomic E-state index is 12.9. The molecule has 25 heavy (non-hydrogen) atoms. The van der Waals surface area contributed by atoms with Gasteiger partial charge in [0, 0.05) is 12.1 Å². The fourth-order valence-electron chi connectivity index (χ4n) is 2.25. The smallest absolute Gasteiger partial charge is 0.308 e. The summed E-state index contributed by atoms with van der Waals surface area (Å²) in [6.07, 6.45) is 0.641. The quantitative estimate of drug-likeness (QED) is 0.746. The summed E-state index contributed by atoms with van der Waals surface area (Å²) >= 11 is 0. The Morgan fingerprint density at radius 3 is 2.76 bits per heavy atom. The average molecular weight is 341 g/mol. The van der Waals surface area contributed by atoms with E-state index in [4.69, 9.17) is 9.15 Å². The van der Waals surface area contributed by atoms with Gasteiger partial charge in [0.15, 0.2) is 0 Å². The largest absolute Gasteiger partial charge is 0.497 e. The Hall–Kier alpha value is -3.22. The number of ether oxygens (including phenoxy) is 1. The van der Waals surface area contributed by atoms with E-state index in [2.05, 4.69) is 15.5 Å². The molecule has 6 nitrogen and oxygen atoms in total. The van der Waals surface area contributed by atoms with Crippen LogP contribution in [0.4, 0.5) is 4.39 Å². The molecule has 0 aliphatic rings. The number of nitrogens with one attached hydrogen (secondary N) is 1. The van der Waals surface area contributed by atoms with Gasteiger partial charge >= 0.3 is 11.8 Å². The van der Waals surface area contributed by atoms with Gasteiger partial charge in [-0.2, -0.15) is 0 Å². The lowest BCUT2D eigenvalue weighted by Gasteiger charge is -2.05. The number of carbonyl (C=O) groups is 1. The topological polar surface area (TPSA) is 77.2 Å². The lowest BCUT2D eigenvalue weighted by atomic mass is 10.1. The predicted molar refractivity (Wildman–Crippen MR) is 88.7 cm³/mol. The Kier molecular flexibility index (Phi) is 5.03. The molecule has 1 heterocycles. The molecule has 1 aromatic heterocycles. The molecular formula is C18H16FN3O3. The van der Waals surface area contributed by atoms with E-state index in [9.17, 15) is 9.18 Å². The van der Waals surface area contributed by atoms with E-state index in [0.29, 0.717) is 18.5 Å². The van der Waals surface area contributed by atoms with Crippen molar-refractivity contribution in [1.29, 1.82) is 0 Å². The van der Waals surface area contributed by atoms with E-state index in [1.165, 1.54) is 24.3 Å². The summed E-state index contributed by atoms with van der Waals surface area (Å²) in [5, 5.41) is 10.3. The molecule has 3 rings (SSSR count). The summed E-state index contributed by atoms with van der Waals surface area (Å²) in [4.78, 5) is 12.1. The van der Waals surface area contributed by atoms with Crippen molar-refractivity contribution in [3.05, 3.63) is 65.8 Å². The molecule has 1 amide bonds. The summed E-state index contributed by atoms with van der Waals surface area (Å²) < 4.78 is 23.4. The third-order valence-corrected chi connectivity index (χ3v) is 3.54. The Bertz CT molecular complexity index is 862. The van der Waals surface area contributed by atoms with Crippen LogP contribution in [0.2, 0.25) is 0 Å². The molecule has 7 heteroatoms. The Morgan fingerprint density at radius 1 is 1.20 bits per heavy atom. The number of halogens is 1. The van der Waals surface area contributed by atoms with E-state index in [1.54, 1.807) is 7.11 Å². The lowest BCUT2D eigenvalue weighted by Crippen LogP contribution is -2.26. The minimum atomic E-state index is -0.455. The molecule has 0 unspecified atom stereocenters. The predicted octanol–water partition coefficient (Wildman–Crippen LogP) is 2.86. The molecule has 128 valence electrons. The maximum Gasteiger partial charge on any atom is 0.308 e. The molecule has 1 N–H and O–H groups in total. The average Bonchev–Trinajstić information content (AvgIpc) is 3.12. The molecule has 0 saturated carbocycles. The van der Waals surface area contributed by atoms with Gasteiger partial charge in [0.05, 0.1) is 7.11 Å². The van der Waals surface area contributed by atoms with Gasteiger partial charge in [0.25, 0.3) is 0 Å². The number of benzene rings is 2. The van der Waals surface area contributed by atoms with Crippen molar-refractivity contribution in [2.24, 2.45) is 0 Å². The number of methoxy groups -OCH3 is 1. The molecular weight excluding hydrogens is 325 g/mol. The maximum absolute atomic E-state index is 12.9. The number of amides is 1. The molecule has 0 spiro atoms. The number of rotatable bonds is 6. The van der Waals surface area contributed by atoms with Gasteiger partial charge in [-0.25, -0.2) is 4.39 Å². The zero-order valence-corrected chi connectivity index (χ0v) is 13.5. The van der Waals surface area contributed by atoms with Crippen LogP contribution in [-0.4, -0.2) is 29.8 Å². The van der Waals surface area contributed by atoms with Gasteiger partial charge in [0.1, 0.15) is 11.6 Å². The Balaban J connectivity index is 1.57. The monoisotopic (exact) mass is 341 g/mol. The molecule has 0 aliphatic carbocycles. The van der Waals surface area contributed by atoms with Crippen molar-refractivity contribution in [2.45, 2.75) is 6.42 Å². The normalized spacial score (nSPS) is 10.5. The van der Waals surface area contributed by atoms with Crippen LogP contribution >= 0.6 is 0 Å². The molecule has 0 saturated heterocycles. The van der Waals surface area contributed by atoms with Crippen LogP contribution in [0.5, 0.6) is 5.75 Å². The first-order valence-electron chi connectivity index (χ1n) is 7.66. The van der Waals surface area contributed by atoms with E-state index in [-0.39, 0.29) is 17.6 Å². The van der Waals surface area contributed by atoms with Crippen molar-refractivity contribution in [2.75, 3.05) is 13.7 Å². The fraction of sp³-hybridized carbons (Fsp3) is 0.167. The van der Waals surface area contributed by atoms with E-state index in [1.807, 2.05) is 24.3 Å². The first-order valence-corrected chi connectivity index (χ1v) is 7.66. The summed E-state index contributed by atoms with van der Waals surface area (Å²) in [7, 11) is 1.61. The van der Waals surface area contributed by atoms with Crippen LogP contribution < -0.4 is 10.1 Å². The lowest BCUT2D eigenvalue weighted by molar-refractivity contribution is 0.0920. The Morgan fingerprint density at radius 2 is 2.00 bits per heavy atom. The number of aromatic nitrogens is 2. The summed E-state index contributed by atoms with van der Waals surface area (Å²) in [5.74, 6) is -0.0184. The van der Waals surface area contributed by atoms with Gasteiger partial charge in [-0.05, 0) is 48.4 Å². The standard InChI is InChI=1S/C18H16FN3O3/c1-24-15-4-2-3-12(11-15)9-10-20-16(23)18-22-21-17(25-18)13-5-7-14(19)8-6-13/h2-8,11H,9-10H2,1H3,(H,20,23). The fourth-order valence-corrected chi connectivity index (χ4v) is 2.25. The highest BCUT2D eigenvalue weighted by atomic mass is 19.1. The van der Waals surface area contributed by atoms with E-state index < -0.39 is 5.91 Å². The van der Waals surface area contributed by atoms with Crippen LogP contribution in [0.25, 0.3) is 11.5 Å².